The number of carbonyl (C=O) groups is 5. The van der Waals surface area contributed by atoms with Crippen molar-refractivity contribution in [2.24, 2.45) is 0 Å². The summed E-state index contributed by atoms with van der Waals surface area (Å²) in [6, 6.07) is 3.66. The van der Waals surface area contributed by atoms with E-state index in [9.17, 15) is 44.6 Å². The summed E-state index contributed by atoms with van der Waals surface area (Å²) in [6.45, 7) is -0.122. The fourth-order valence-electron chi connectivity index (χ4n) is 5.77. The molecule has 0 bridgehead atoms. The van der Waals surface area contributed by atoms with Gasteiger partial charge in [-0.3, -0.25) is 29.7 Å². The molecular weight excluding hydrogens is 738 g/mol. The second kappa shape index (κ2) is 24.7. The van der Waals surface area contributed by atoms with Gasteiger partial charge >= 0.3 is 11.9 Å². The number of aliphatic hydroxyl groups is 1. The molecule has 18 heteroatoms. The van der Waals surface area contributed by atoms with Crippen molar-refractivity contribution in [3.63, 3.8) is 0 Å². The predicted octanol–water partition coefficient (Wildman–Crippen LogP) is 1.84. The molecule has 53 heavy (non-hydrogen) atoms. The van der Waals surface area contributed by atoms with Crippen LogP contribution in [0, 0.1) is 0 Å². The van der Waals surface area contributed by atoms with Crippen molar-refractivity contribution in [1.29, 1.82) is 0 Å². The molecule has 2 heterocycles. The number of phenolic OH excluding ortho intramolecular Hbond substituents is 1. The van der Waals surface area contributed by atoms with Crippen molar-refractivity contribution in [3.05, 3.63) is 42.0 Å². The van der Waals surface area contributed by atoms with Gasteiger partial charge in [0.05, 0.1) is 13.0 Å². The Morgan fingerprint density at radius 2 is 1.83 bits per heavy atom. The molecule has 5 atom stereocenters. The van der Waals surface area contributed by atoms with Gasteiger partial charge in [0.1, 0.15) is 42.9 Å². The molecular formula is C35H53FeN5O12. The maximum absolute atomic E-state index is 13.2. The number of esters is 1. The first kappa shape index (κ1) is 45.5. The Balaban J connectivity index is 0.00000972. The van der Waals surface area contributed by atoms with Crippen LogP contribution in [-0.4, -0.2) is 116 Å². The predicted molar refractivity (Wildman–Crippen MR) is 183 cm³/mol. The van der Waals surface area contributed by atoms with Crippen LogP contribution < -0.4 is 16.0 Å². The second-order valence-electron chi connectivity index (χ2n) is 12.9. The number of hydrogen-bond acceptors (Lipinski definition) is 13. The van der Waals surface area contributed by atoms with Gasteiger partial charge in [-0.05, 0) is 69.9 Å². The van der Waals surface area contributed by atoms with Crippen LogP contribution in [0.3, 0.4) is 0 Å². The number of nitrogens with one attached hydrogen (secondary N) is 3. The maximum Gasteiger partial charge on any atom is 0.328 e. The van der Waals surface area contributed by atoms with E-state index in [0.717, 1.165) is 24.3 Å². The number of unbranched alkanes of at least 4 members (excludes halogenated alkanes) is 5. The van der Waals surface area contributed by atoms with Gasteiger partial charge in [0, 0.05) is 42.1 Å². The number of aromatic hydroxyl groups is 1. The third-order valence-corrected chi connectivity index (χ3v) is 8.75. The van der Waals surface area contributed by atoms with E-state index in [1.54, 1.807) is 24.3 Å². The minimum Gasteiger partial charge on any atom is -0.508 e. The van der Waals surface area contributed by atoms with Gasteiger partial charge in [-0.25, -0.2) is 9.86 Å². The number of amides is 3. The monoisotopic (exact) mass is 791 g/mol. The van der Waals surface area contributed by atoms with Gasteiger partial charge in [-0.1, -0.05) is 37.1 Å². The van der Waals surface area contributed by atoms with E-state index < -0.39 is 60.2 Å². The average molecular weight is 792 g/mol. The number of allylic oxidation sites excluding steroid dienone is 1. The first-order chi connectivity index (χ1) is 25.0. The molecule has 0 aliphatic carbocycles. The molecule has 0 saturated carbocycles. The number of ether oxygens (including phenoxy) is 2. The van der Waals surface area contributed by atoms with Crippen molar-refractivity contribution in [2.75, 3.05) is 26.3 Å². The SMILES string of the molecule is O=C(O)CCCCCC/C=C\C(O)N(O)CCCCC(NC(=O)C1COC(c2ccccc2O)N1)C(=O)OCCC(=O)NC1CCCCN(O)C1=O.[Fe]. The normalized spacial score (nSPS) is 20.0. The minimum atomic E-state index is -1.25. The van der Waals surface area contributed by atoms with Crippen LogP contribution in [0.2, 0.25) is 0 Å². The van der Waals surface area contributed by atoms with Gasteiger partial charge in [-0.2, -0.15) is 5.06 Å². The molecule has 5 unspecified atom stereocenters. The zero-order valence-electron chi connectivity index (χ0n) is 29.7. The van der Waals surface area contributed by atoms with Crippen LogP contribution in [0.15, 0.2) is 36.4 Å². The van der Waals surface area contributed by atoms with Crippen LogP contribution in [-0.2, 0) is 50.5 Å². The summed E-state index contributed by atoms with van der Waals surface area (Å²) >= 11 is 0. The first-order valence-electron chi connectivity index (χ1n) is 17.9. The number of benzene rings is 1. The molecule has 298 valence electrons. The number of carboxylic acid groups (broad SMARTS) is 1. The molecule has 2 saturated heterocycles. The van der Waals surface area contributed by atoms with E-state index >= 15 is 0 Å². The van der Waals surface area contributed by atoms with E-state index in [4.69, 9.17) is 14.6 Å². The van der Waals surface area contributed by atoms with Gasteiger partial charge in [-0.15, -0.1) is 0 Å². The van der Waals surface area contributed by atoms with Crippen molar-refractivity contribution in [3.8, 4) is 5.75 Å². The van der Waals surface area contributed by atoms with Gasteiger partial charge < -0.3 is 40.6 Å². The number of carbonyl (C=O) groups excluding carboxylic acids is 4. The number of aliphatic hydroxyl groups excluding tert-OH is 1. The Hall–Kier alpha value is -3.61. The molecule has 2 aliphatic heterocycles. The molecule has 3 rings (SSSR count). The number of aliphatic carboxylic acids is 1. The molecule has 8 N–H and O–H groups in total. The number of para-hydroxylation sites is 1. The molecule has 2 aliphatic rings. The van der Waals surface area contributed by atoms with E-state index in [2.05, 4.69) is 16.0 Å². The first-order valence-corrected chi connectivity index (χ1v) is 17.9. The standard InChI is InChI=1S/C35H53N5O12.Fe/c41-28-16-8-7-13-24(28)33-38-27(23-52-33)32(46)37-26(35(48)51-22-19-29(42)36-25-14-9-12-21-40(50)34(25)47)15-10-11-20-39(49)30(43)17-5-3-1-2-4-6-18-31(44)45;/h5,7-8,13,16-17,25-27,30,33,38,41,43,49-50H,1-4,6,9-12,14-15,18-23H2,(H,36,42)(H,37,46)(H,44,45);/b17-5-;. The third-order valence-electron chi connectivity index (χ3n) is 8.75. The summed E-state index contributed by atoms with van der Waals surface area (Å²) in [4.78, 5) is 61.7. The molecule has 3 amide bonds. The maximum atomic E-state index is 13.2. The number of phenols is 1. The van der Waals surface area contributed by atoms with Gasteiger partial charge in [0.2, 0.25) is 11.8 Å². The fourth-order valence-corrected chi connectivity index (χ4v) is 5.77. The Kier molecular flexibility index (Phi) is 21.2. The fraction of sp³-hybridized carbons (Fsp3) is 0.629. The number of rotatable bonds is 22. The minimum absolute atomic E-state index is 0. The molecule has 0 radical (unpaired) electrons. The Morgan fingerprint density at radius 3 is 2.58 bits per heavy atom. The van der Waals surface area contributed by atoms with E-state index in [1.165, 1.54) is 12.1 Å². The van der Waals surface area contributed by atoms with E-state index in [0.29, 0.717) is 55.6 Å². The summed E-state index contributed by atoms with van der Waals surface area (Å²) in [5.74, 6) is -3.32. The van der Waals surface area contributed by atoms with Crippen LogP contribution in [0.4, 0.5) is 0 Å². The number of carboxylic acids is 1. The average Bonchev–Trinajstić information content (AvgIpc) is 3.55. The second-order valence-corrected chi connectivity index (χ2v) is 12.9. The summed E-state index contributed by atoms with van der Waals surface area (Å²) in [5, 5.41) is 58.7. The largest absolute Gasteiger partial charge is 0.508 e. The smallest absolute Gasteiger partial charge is 0.328 e. The van der Waals surface area contributed by atoms with Crippen molar-refractivity contribution in [1.82, 2.24) is 26.1 Å². The van der Waals surface area contributed by atoms with Gasteiger partial charge in [0.15, 0.2) is 0 Å². The molecule has 0 aromatic heterocycles. The summed E-state index contributed by atoms with van der Waals surface area (Å²) < 4.78 is 11.0. The topological polar surface area (TPSA) is 248 Å². The Labute approximate surface area is 319 Å². The van der Waals surface area contributed by atoms with Crippen molar-refractivity contribution >= 4 is 29.7 Å². The number of hydrogen-bond donors (Lipinski definition) is 8. The summed E-state index contributed by atoms with van der Waals surface area (Å²) in [7, 11) is 0. The summed E-state index contributed by atoms with van der Waals surface area (Å²) in [6.07, 6.45) is 7.24. The number of hydroxylamine groups is 4. The quantitative estimate of drug-likeness (QED) is 0.0159. The van der Waals surface area contributed by atoms with E-state index in [1.807, 2.05) is 0 Å². The van der Waals surface area contributed by atoms with Crippen LogP contribution in [0.25, 0.3) is 0 Å². The number of nitrogens with zero attached hydrogens (tertiary/aromatic N) is 2. The van der Waals surface area contributed by atoms with Crippen molar-refractivity contribution in [2.45, 2.75) is 114 Å². The Morgan fingerprint density at radius 1 is 1.08 bits per heavy atom. The van der Waals surface area contributed by atoms with Gasteiger partial charge in [0.25, 0.3) is 5.91 Å². The third kappa shape index (κ3) is 16.5. The zero-order chi connectivity index (χ0) is 37.9. The van der Waals surface area contributed by atoms with Crippen molar-refractivity contribution < 1.29 is 76.2 Å². The van der Waals surface area contributed by atoms with E-state index in [-0.39, 0.29) is 68.4 Å². The summed E-state index contributed by atoms with van der Waals surface area (Å²) in [5.41, 5.74) is 0.447. The zero-order valence-corrected chi connectivity index (χ0v) is 30.8. The molecule has 1 aromatic rings. The Bertz CT molecular complexity index is 1350. The molecule has 1 aromatic carbocycles. The van der Waals surface area contributed by atoms with Crippen LogP contribution in [0.1, 0.15) is 95.3 Å². The van der Waals surface area contributed by atoms with Crippen LogP contribution >= 0.6 is 0 Å². The van der Waals surface area contributed by atoms with Crippen LogP contribution in [0.5, 0.6) is 5.75 Å². The molecule has 2 fully saturated rings. The molecule has 0 spiro atoms. The molecule has 17 nitrogen and oxygen atoms in total.